The highest BCUT2D eigenvalue weighted by Crippen LogP contribution is 2.40. The number of imidazole rings is 1. The van der Waals surface area contributed by atoms with Crippen molar-refractivity contribution in [3.05, 3.63) is 76.8 Å². The molecule has 0 saturated carbocycles. The fourth-order valence-corrected chi connectivity index (χ4v) is 5.46. The van der Waals surface area contributed by atoms with Gasteiger partial charge in [0.05, 0.1) is 24.5 Å². The number of hydrogen-bond donors (Lipinski definition) is 0. The minimum Gasteiger partial charge on any atom is -0.491 e. The van der Waals surface area contributed by atoms with Gasteiger partial charge in [0, 0.05) is 67.3 Å². The molecule has 5 rings (SSSR count). The highest BCUT2D eigenvalue weighted by atomic mass is 35.5. The molecule has 2 fully saturated rings. The lowest BCUT2D eigenvalue weighted by atomic mass is 10.1. The topological polar surface area (TPSA) is 52.0 Å². The second-order valence-corrected chi connectivity index (χ2v) is 10.2. The van der Waals surface area contributed by atoms with E-state index >= 15 is 0 Å². The molecule has 2 aliphatic rings. The maximum absolute atomic E-state index is 6.55. The SMILES string of the molecule is ClCCN1CCN(c2ccc(OC[C@@H]3CO[C@@](Cn4ccnc4)(c4ccc(Cl)cc4Cl)O3)cc2)CC1. The molecule has 0 spiro atoms. The Kier molecular flexibility index (Phi) is 8.25. The third-order valence-electron chi connectivity index (χ3n) is 6.56. The first-order valence-electron chi connectivity index (χ1n) is 12.0. The van der Waals surface area contributed by atoms with Crippen LogP contribution in [-0.4, -0.2) is 72.4 Å². The number of aromatic nitrogens is 2. The third-order valence-corrected chi connectivity index (χ3v) is 7.28. The summed E-state index contributed by atoms with van der Waals surface area (Å²) in [4.78, 5) is 8.92. The van der Waals surface area contributed by atoms with E-state index in [0.29, 0.717) is 35.7 Å². The Balaban J connectivity index is 1.21. The number of ether oxygens (including phenoxy) is 3. The average molecular weight is 552 g/mol. The Morgan fingerprint density at radius 2 is 1.86 bits per heavy atom. The zero-order valence-electron chi connectivity index (χ0n) is 19.9. The molecule has 10 heteroatoms. The largest absolute Gasteiger partial charge is 0.491 e. The van der Waals surface area contributed by atoms with Crippen LogP contribution < -0.4 is 9.64 Å². The summed E-state index contributed by atoms with van der Waals surface area (Å²) in [7, 11) is 0. The Hall–Kier alpha value is -2.00. The highest BCUT2D eigenvalue weighted by Gasteiger charge is 2.45. The van der Waals surface area contributed by atoms with Gasteiger partial charge in [-0.3, -0.25) is 4.90 Å². The summed E-state index contributed by atoms with van der Waals surface area (Å²) in [5, 5.41) is 1.04. The van der Waals surface area contributed by atoms with Crippen LogP contribution in [-0.2, 0) is 21.8 Å². The molecular formula is C26H29Cl3N4O3. The molecule has 3 heterocycles. The van der Waals surface area contributed by atoms with Crippen molar-refractivity contribution in [3.8, 4) is 5.75 Å². The van der Waals surface area contributed by atoms with E-state index in [0.717, 1.165) is 44.0 Å². The van der Waals surface area contributed by atoms with E-state index in [1.54, 1.807) is 24.7 Å². The van der Waals surface area contributed by atoms with Crippen LogP contribution >= 0.6 is 34.8 Å². The summed E-state index contributed by atoms with van der Waals surface area (Å²) in [5.41, 5.74) is 1.92. The molecule has 3 aromatic rings. The Morgan fingerprint density at radius 3 is 2.56 bits per heavy atom. The lowest BCUT2D eigenvalue weighted by molar-refractivity contribution is -0.189. The van der Waals surface area contributed by atoms with Gasteiger partial charge in [0.1, 0.15) is 18.5 Å². The molecule has 192 valence electrons. The summed E-state index contributed by atoms with van der Waals surface area (Å²) in [6.07, 6.45) is 5.04. The predicted molar refractivity (Wildman–Crippen MR) is 143 cm³/mol. The molecule has 2 atom stereocenters. The maximum atomic E-state index is 6.55. The van der Waals surface area contributed by atoms with Crippen molar-refractivity contribution in [2.45, 2.75) is 18.4 Å². The lowest BCUT2D eigenvalue weighted by Crippen LogP contribution is -2.46. The lowest BCUT2D eigenvalue weighted by Gasteiger charge is -2.35. The number of piperazine rings is 1. The molecule has 0 bridgehead atoms. The minimum absolute atomic E-state index is 0.269. The first-order chi connectivity index (χ1) is 17.5. The molecular weight excluding hydrogens is 523 g/mol. The number of alkyl halides is 1. The van der Waals surface area contributed by atoms with Gasteiger partial charge in [-0.05, 0) is 36.4 Å². The van der Waals surface area contributed by atoms with Crippen molar-refractivity contribution in [1.82, 2.24) is 14.5 Å². The van der Waals surface area contributed by atoms with Gasteiger partial charge in [0.2, 0.25) is 5.79 Å². The van der Waals surface area contributed by atoms with Gasteiger partial charge in [-0.2, -0.15) is 0 Å². The zero-order valence-corrected chi connectivity index (χ0v) is 22.1. The number of rotatable bonds is 9. The van der Waals surface area contributed by atoms with Crippen molar-refractivity contribution < 1.29 is 14.2 Å². The van der Waals surface area contributed by atoms with Gasteiger partial charge in [0.25, 0.3) is 0 Å². The molecule has 36 heavy (non-hydrogen) atoms. The van der Waals surface area contributed by atoms with Crippen molar-refractivity contribution in [2.75, 3.05) is 56.7 Å². The van der Waals surface area contributed by atoms with Gasteiger partial charge in [-0.15, -0.1) is 11.6 Å². The van der Waals surface area contributed by atoms with Crippen LogP contribution in [0.25, 0.3) is 0 Å². The van der Waals surface area contributed by atoms with Gasteiger partial charge in [-0.1, -0.05) is 29.3 Å². The predicted octanol–water partition coefficient (Wildman–Crippen LogP) is 4.90. The van der Waals surface area contributed by atoms with Crippen molar-refractivity contribution in [3.63, 3.8) is 0 Å². The average Bonchev–Trinajstić information content (AvgIpc) is 3.54. The summed E-state index contributed by atoms with van der Waals surface area (Å²) < 4.78 is 20.7. The van der Waals surface area contributed by atoms with Crippen LogP contribution in [0.5, 0.6) is 5.75 Å². The Labute approximate surface area is 226 Å². The molecule has 2 aliphatic heterocycles. The van der Waals surface area contributed by atoms with Crippen LogP contribution in [0.15, 0.2) is 61.2 Å². The minimum atomic E-state index is -1.06. The Morgan fingerprint density at radius 1 is 1.06 bits per heavy atom. The van der Waals surface area contributed by atoms with Gasteiger partial charge in [-0.25, -0.2) is 4.98 Å². The quantitative estimate of drug-likeness (QED) is 0.353. The normalized spacial score (nSPS) is 22.8. The molecule has 2 aromatic carbocycles. The molecule has 0 amide bonds. The molecule has 2 saturated heterocycles. The van der Waals surface area contributed by atoms with Gasteiger partial charge in [0.15, 0.2) is 0 Å². The number of halogens is 3. The van der Waals surface area contributed by atoms with Crippen LogP contribution in [0.1, 0.15) is 5.56 Å². The number of anilines is 1. The van der Waals surface area contributed by atoms with E-state index in [4.69, 9.17) is 49.0 Å². The zero-order chi connectivity index (χ0) is 25.0. The molecule has 0 N–H and O–H groups in total. The van der Waals surface area contributed by atoms with Gasteiger partial charge < -0.3 is 23.7 Å². The van der Waals surface area contributed by atoms with Crippen LogP contribution in [0, 0.1) is 0 Å². The first kappa shape index (κ1) is 25.6. The van der Waals surface area contributed by atoms with Gasteiger partial charge >= 0.3 is 0 Å². The second kappa shape index (κ2) is 11.6. The third kappa shape index (κ3) is 5.93. The van der Waals surface area contributed by atoms with E-state index in [2.05, 4.69) is 26.9 Å². The molecule has 1 aromatic heterocycles. The monoisotopic (exact) mass is 550 g/mol. The van der Waals surface area contributed by atoms with E-state index < -0.39 is 5.79 Å². The standard InChI is InChI=1S/C26H29Cl3N4O3/c27-7-9-31-11-13-33(14-12-31)21-2-4-22(5-3-21)34-16-23-17-35-26(36-23,18-32-10-8-30-19-32)24-6-1-20(28)15-25(24)29/h1-6,8,10,15,19,23H,7,9,11-14,16-18H2/t23-,26-/m1/s1. The molecule has 0 radical (unpaired) electrons. The van der Waals surface area contributed by atoms with E-state index in [-0.39, 0.29) is 6.10 Å². The Bertz CT molecular complexity index is 1120. The van der Waals surface area contributed by atoms with Crippen molar-refractivity contribution in [2.24, 2.45) is 0 Å². The number of nitrogens with zero attached hydrogens (tertiary/aromatic N) is 4. The summed E-state index contributed by atoms with van der Waals surface area (Å²) in [6.45, 7) is 6.13. The van der Waals surface area contributed by atoms with Crippen LogP contribution in [0.2, 0.25) is 10.0 Å². The van der Waals surface area contributed by atoms with Crippen molar-refractivity contribution >= 4 is 40.5 Å². The van der Waals surface area contributed by atoms with Crippen LogP contribution in [0.3, 0.4) is 0 Å². The number of benzene rings is 2. The number of hydrogen-bond acceptors (Lipinski definition) is 6. The van der Waals surface area contributed by atoms with E-state index in [9.17, 15) is 0 Å². The molecule has 0 unspecified atom stereocenters. The highest BCUT2D eigenvalue weighted by molar-refractivity contribution is 6.35. The smallest absolute Gasteiger partial charge is 0.215 e. The van der Waals surface area contributed by atoms with E-state index in [1.165, 1.54) is 5.69 Å². The summed E-state index contributed by atoms with van der Waals surface area (Å²) in [5.74, 6) is 0.408. The fourth-order valence-electron chi connectivity index (χ4n) is 4.67. The first-order valence-corrected chi connectivity index (χ1v) is 13.3. The second-order valence-electron chi connectivity index (χ2n) is 8.99. The van der Waals surface area contributed by atoms with Crippen molar-refractivity contribution in [1.29, 1.82) is 0 Å². The maximum Gasteiger partial charge on any atom is 0.215 e. The summed E-state index contributed by atoms with van der Waals surface area (Å²) >= 11 is 18.5. The summed E-state index contributed by atoms with van der Waals surface area (Å²) in [6, 6.07) is 13.6. The fraction of sp³-hybridized carbons (Fsp3) is 0.423. The molecule has 0 aliphatic carbocycles. The molecule has 7 nitrogen and oxygen atoms in total. The van der Waals surface area contributed by atoms with E-state index in [1.807, 2.05) is 29.0 Å². The van der Waals surface area contributed by atoms with Crippen LogP contribution in [0.4, 0.5) is 5.69 Å².